The van der Waals surface area contributed by atoms with E-state index in [0.717, 1.165) is 33.8 Å². The summed E-state index contributed by atoms with van der Waals surface area (Å²) in [6, 6.07) is 39.5. The molecular formula is C44H38Cl3NO6. The molecule has 276 valence electrons. The van der Waals surface area contributed by atoms with E-state index in [1.807, 2.05) is 109 Å². The van der Waals surface area contributed by atoms with Crippen LogP contribution in [0.2, 0.25) is 15.1 Å². The van der Waals surface area contributed by atoms with Gasteiger partial charge in [-0.15, -0.1) is 0 Å². The van der Waals surface area contributed by atoms with Gasteiger partial charge < -0.3 is 23.6 Å². The van der Waals surface area contributed by atoms with Crippen molar-refractivity contribution in [2.75, 3.05) is 7.11 Å². The minimum Gasteiger partial charge on any atom is -0.488 e. The van der Waals surface area contributed by atoms with Crippen LogP contribution in [0.25, 0.3) is 16.9 Å². The van der Waals surface area contributed by atoms with Gasteiger partial charge in [-0.1, -0.05) is 95.5 Å². The highest BCUT2D eigenvalue weighted by Gasteiger charge is 2.18. The molecule has 0 unspecified atom stereocenters. The molecular weight excluding hydrogens is 745 g/mol. The number of hydrogen-bond acceptors (Lipinski definition) is 6. The molecule has 54 heavy (non-hydrogen) atoms. The second-order valence-corrected chi connectivity index (χ2v) is 13.6. The Kier molecular flexibility index (Phi) is 14.1. The third-order valence-corrected chi connectivity index (χ3v) is 9.13. The lowest BCUT2D eigenvalue weighted by molar-refractivity contribution is -0.117. The second-order valence-electron chi connectivity index (χ2n) is 12.3. The number of methoxy groups -OCH3 is 1. The maximum atomic E-state index is 12.2. The predicted octanol–water partition coefficient (Wildman–Crippen LogP) is 11.6. The smallest absolute Gasteiger partial charge is 0.339 e. The molecule has 0 N–H and O–H groups in total. The molecule has 6 aromatic rings. The summed E-state index contributed by atoms with van der Waals surface area (Å²) >= 11 is 18.5. The van der Waals surface area contributed by atoms with E-state index >= 15 is 0 Å². The minimum absolute atomic E-state index is 0.0119. The van der Waals surface area contributed by atoms with Crippen molar-refractivity contribution in [3.8, 4) is 28.4 Å². The molecule has 0 spiro atoms. The topological polar surface area (TPSA) is 83.8 Å². The van der Waals surface area contributed by atoms with E-state index in [1.54, 1.807) is 30.3 Å². The summed E-state index contributed by atoms with van der Waals surface area (Å²) in [6.45, 7) is 4.26. The number of aryl methyl sites for hydroxylation is 1. The molecule has 10 heteroatoms. The van der Waals surface area contributed by atoms with Gasteiger partial charge in [-0.25, -0.2) is 4.79 Å². The molecule has 0 fully saturated rings. The zero-order valence-electron chi connectivity index (χ0n) is 30.0. The van der Waals surface area contributed by atoms with E-state index in [0.29, 0.717) is 50.9 Å². The lowest BCUT2D eigenvalue weighted by atomic mass is 10.0. The van der Waals surface area contributed by atoms with Crippen molar-refractivity contribution in [2.24, 2.45) is 0 Å². The quantitative estimate of drug-likeness (QED) is 0.0857. The first-order valence-electron chi connectivity index (χ1n) is 17.1. The highest BCUT2D eigenvalue weighted by Crippen LogP contribution is 2.37. The summed E-state index contributed by atoms with van der Waals surface area (Å²) in [4.78, 5) is 35.4. The predicted molar refractivity (Wildman–Crippen MR) is 215 cm³/mol. The van der Waals surface area contributed by atoms with E-state index in [2.05, 4.69) is 0 Å². The molecule has 5 aromatic carbocycles. The molecule has 0 atom stereocenters. The number of benzene rings is 5. The zero-order valence-corrected chi connectivity index (χ0v) is 32.3. The van der Waals surface area contributed by atoms with Gasteiger partial charge in [0.2, 0.25) is 0 Å². The Balaban J connectivity index is 0.000000223. The Morgan fingerprint density at radius 2 is 1.22 bits per heavy atom. The summed E-state index contributed by atoms with van der Waals surface area (Å²) in [6.07, 6.45) is 0.390. The minimum atomic E-state index is -0.488. The van der Waals surface area contributed by atoms with Crippen LogP contribution in [0.1, 0.15) is 57.3 Å². The molecule has 1 aromatic heterocycles. The van der Waals surface area contributed by atoms with Crippen LogP contribution in [0.5, 0.6) is 11.5 Å². The van der Waals surface area contributed by atoms with E-state index in [-0.39, 0.29) is 24.4 Å². The van der Waals surface area contributed by atoms with Crippen molar-refractivity contribution in [3.63, 3.8) is 0 Å². The summed E-state index contributed by atoms with van der Waals surface area (Å²) in [5.41, 5.74) is 6.29. The van der Waals surface area contributed by atoms with Gasteiger partial charge in [0.1, 0.15) is 30.5 Å². The standard InChI is InChI=1S/C26H21Cl2NO3.C18H17ClO3/c1-17-8-12-24(29(17)20-10-11-23(28)21(15-20)26(30)31-2)22-14-19(27)9-13-25(22)32-16-18-6-4-3-5-7-18;1-13(20)7-9-17(21)16-11-15(19)8-10-18(16)22-12-14-5-3-2-4-6-14/h3-15H,16H2,1-2H3;2-6,8,10-11H,7,9,12H2,1H3. The number of carbonyl (C=O) groups is 3. The zero-order chi connectivity index (χ0) is 38.6. The Bertz CT molecular complexity index is 2230. The first kappa shape index (κ1) is 39.9. The van der Waals surface area contributed by atoms with Gasteiger partial charge >= 0.3 is 5.97 Å². The number of esters is 1. The second kappa shape index (κ2) is 19.1. The monoisotopic (exact) mass is 781 g/mol. The largest absolute Gasteiger partial charge is 0.488 e. The van der Waals surface area contributed by atoms with E-state index in [1.165, 1.54) is 14.0 Å². The molecule has 0 aliphatic rings. The van der Waals surface area contributed by atoms with E-state index in [4.69, 9.17) is 49.0 Å². The van der Waals surface area contributed by atoms with Crippen molar-refractivity contribution in [1.82, 2.24) is 4.57 Å². The average Bonchev–Trinajstić information content (AvgIpc) is 3.57. The lowest BCUT2D eigenvalue weighted by Gasteiger charge is -2.17. The van der Waals surface area contributed by atoms with Gasteiger partial charge in [0.05, 0.1) is 29.0 Å². The van der Waals surface area contributed by atoms with E-state index in [9.17, 15) is 14.4 Å². The molecule has 7 nitrogen and oxygen atoms in total. The third-order valence-electron chi connectivity index (χ3n) is 8.33. The highest BCUT2D eigenvalue weighted by molar-refractivity contribution is 6.33. The molecule has 6 rings (SSSR count). The summed E-state index contributed by atoms with van der Waals surface area (Å²) in [5, 5.41) is 1.41. The van der Waals surface area contributed by atoms with Crippen molar-refractivity contribution in [1.29, 1.82) is 0 Å². The van der Waals surface area contributed by atoms with E-state index < -0.39 is 5.97 Å². The Hall–Kier alpha value is -5.34. The molecule has 0 saturated heterocycles. The first-order chi connectivity index (χ1) is 26.0. The van der Waals surface area contributed by atoms with Crippen LogP contribution in [0.3, 0.4) is 0 Å². The molecule has 0 aliphatic heterocycles. The van der Waals surface area contributed by atoms with Gasteiger partial charge in [0.15, 0.2) is 5.78 Å². The molecule has 0 amide bonds. The fraction of sp³-hybridized carbons (Fsp3) is 0.159. The van der Waals surface area contributed by atoms with Gasteiger partial charge in [-0.05, 0) is 91.7 Å². The number of carbonyl (C=O) groups excluding carboxylic acids is 3. The van der Waals surface area contributed by atoms with Crippen molar-refractivity contribution >= 4 is 52.3 Å². The van der Waals surface area contributed by atoms with Crippen LogP contribution in [-0.4, -0.2) is 29.2 Å². The number of nitrogens with zero attached hydrogens (tertiary/aromatic N) is 1. The van der Waals surface area contributed by atoms with Crippen LogP contribution in [0.15, 0.2) is 127 Å². The van der Waals surface area contributed by atoms with Crippen LogP contribution >= 0.6 is 34.8 Å². The molecule has 1 heterocycles. The van der Waals surface area contributed by atoms with Crippen molar-refractivity contribution in [2.45, 2.75) is 39.9 Å². The summed E-state index contributed by atoms with van der Waals surface area (Å²) < 4.78 is 18.8. The lowest BCUT2D eigenvalue weighted by Crippen LogP contribution is -2.06. The normalized spacial score (nSPS) is 10.6. The number of aromatic nitrogens is 1. The Morgan fingerprint density at radius 3 is 1.83 bits per heavy atom. The number of halogens is 3. The molecule has 0 radical (unpaired) electrons. The Labute approximate surface area is 330 Å². The van der Waals surface area contributed by atoms with Gasteiger partial charge in [0, 0.05) is 39.8 Å². The first-order valence-corrected chi connectivity index (χ1v) is 18.2. The van der Waals surface area contributed by atoms with Crippen LogP contribution < -0.4 is 9.47 Å². The molecule has 0 saturated carbocycles. The van der Waals surface area contributed by atoms with Crippen LogP contribution in [-0.2, 0) is 22.7 Å². The highest BCUT2D eigenvalue weighted by atomic mass is 35.5. The summed E-state index contributed by atoms with van der Waals surface area (Å²) in [7, 11) is 1.33. The van der Waals surface area contributed by atoms with Crippen LogP contribution in [0, 0.1) is 6.92 Å². The number of ether oxygens (including phenoxy) is 3. The fourth-order valence-corrected chi connectivity index (χ4v) is 6.12. The SMILES string of the molecule is CC(=O)CCC(=O)c1cc(Cl)ccc1OCc1ccccc1.COC(=O)c1cc(-n2c(C)ccc2-c2cc(Cl)ccc2OCc2ccccc2)ccc1Cl. The van der Waals surface area contributed by atoms with Gasteiger partial charge in [0.25, 0.3) is 0 Å². The van der Waals surface area contributed by atoms with Crippen molar-refractivity contribution < 1.29 is 28.6 Å². The molecule has 0 bridgehead atoms. The van der Waals surface area contributed by atoms with Crippen LogP contribution in [0.4, 0.5) is 0 Å². The third kappa shape index (κ3) is 10.6. The number of hydrogen-bond donors (Lipinski definition) is 0. The number of rotatable bonds is 13. The molecule has 0 aliphatic carbocycles. The van der Waals surface area contributed by atoms with Gasteiger partial charge in [-0.3, -0.25) is 4.79 Å². The fourth-order valence-electron chi connectivity index (χ4n) is 5.58. The maximum Gasteiger partial charge on any atom is 0.339 e. The number of ketones is 2. The average molecular weight is 783 g/mol. The Morgan fingerprint density at radius 1 is 0.630 bits per heavy atom. The summed E-state index contributed by atoms with van der Waals surface area (Å²) in [5.74, 6) is 0.558. The number of Topliss-reactive ketones (excluding diaryl/α,β-unsaturated/α-hetero) is 2. The van der Waals surface area contributed by atoms with Crippen molar-refractivity contribution in [3.05, 3.63) is 170 Å². The van der Waals surface area contributed by atoms with Gasteiger partial charge in [-0.2, -0.15) is 0 Å². The maximum absolute atomic E-state index is 12.2.